The zero-order chi connectivity index (χ0) is 20.4. The molecule has 0 aromatic heterocycles. The van der Waals surface area contributed by atoms with Crippen molar-refractivity contribution in [3.8, 4) is 0 Å². The molecule has 0 heterocycles. The van der Waals surface area contributed by atoms with Gasteiger partial charge in [0.2, 0.25) is 5.91 Å². The molecule has 2 atom stereocenters. The molecule has 1 aromatic rings. The Morgan fingerprint density at radius 3 is 2.19 bits per heavy atom. The second kappa shape index (κ2) is 10.5. The fraction of sp³-hybridized carbons (Fsp3) is 0.550. The van der Waals surface area contributed by atoms with Crippen molar-refractivity contribution in [3.63, 3.8) is 0 Å². The summed E-state index contributed by atoms with van der Waals surface area (Å²) >= 11 is 0. The van der Waals surface area contributed by atoms with Crippen molar-refractivity contribution >= 4 is 18.0 Å². The topological polar surface area (TPSA) is 93.7 Å². The first-order valence-corrected chi connectivity index (χ1v) is 9.08. The van der Waals surface area contributed by atoms with Crippen LogP contribution < -0.4 is 10.6 Å². The van der Waals surface area contributed by atoms with Crippen LogP contribution in [0.4, 0.5) is 4.79 Å². The van der Waals surface area contributed by atoms with Gasteiger partial charge in [-0.1, -0.05) is 43.7 Å². The number of methoxy groups -OCH3 is 1. The number of alkyl carbamates (subject to hydrolysis) is 1. The second-order valence-electron chi connectivity index (χ2n) is 7.26. The molecule has 0 aliphatic rings. The molecule has 0 aliphatic heterocycles. The summed E-state index contributed by atoms with van der Waals surface area (Å²) in [5.74, 6) is -0.977. The van der Waals surface area contributed by atoms with Gasteiger partial charge < -0.3 is 20.1 Å². The average Bonchev–Trinajstić information content (AvgIpc) is 2.59. The molecule has 0 unspecified atom stereocenters. The van der Waals surface area contributed by atoms with Crippen LogP contribution in [-0.2, 0) is 25.5 Å². The minimum atomic E-state index is -0.883. The van der Waals surface area contributed by atoms with Crippen molar-refractivity contribution in [2.45, 2.75) is 64.6 Å². The molecular weight excluding hydrogens is 348 g/mol. The molecule has 7 nitrogen and oxygen atoms in total. The van der Waals surface area contributed by atoms with Crippen molar-refractivity contribution in [3.05, 3.63) is 35.9 Å². The summed E-state index contributed by atoms with van der Waals surface area (Å²) in [5.41, 5.74) is 0.188. The Balaban J connectivity index is 2.92. The number of amides is 2. The van der Waals surface area contributed by atoms with E-state index in [1.54, 1.807) is 20.8 Å². The smallest absolute Gasteiger partial charge is 0.408 e. The zero-order valence-corrected chi connectivity index (χ0v) is 16.7. The molecule has 0 fully saturated rings. The third-order valence-corrected chi connectivity index (χ3v) is 3.67. The highest BCUT2D eigenvalue weighted by atomic mass is 16.6. The number of esters is 1. The molecule has 0 spiro atoms. The van der Waals surface area contributed by atoms with Gasteiger partial charge in [-0.25, -0.2) is 9.59 Å². The van der Waals surface area contributed by atoms with Gasteiger partial charge in [-0.2, -0.15) is 0 Å². The van der Waals surface area contributed by atoms with Gasteiger partial charge >= 0.3 is 12.1 Å². The van der Waals surface area contributed by atoms with E-state index in [1.807, 2.05) is 37.3 Å². The minimum Gasteiger partial charge on any atom is -0.467 e. The Kier molecular flexibility index (Phi) is 8.78. The van der Waals surface area contributed by atoms with Crippen molar-refractivity contribution in [2.24, 2.45) is 0 Å². The highest BCUT2D eigenvalue weighted by molar-refractivity contribution is 5.89. The van der Waals surface area contributed by atoms with E-state index in [1.165, 1.54) is 7.11 Å². The lowest BCUT2D eigenvalue weighted by Gasteiger charge is -2.25. The second-order valence-corrected chi connectivity index (χ2v) is 7.26. The number of ether oxygens (including phenoxy) is 2. The van der Waals surface area contributed by atoms with Gasteiger partial charge in [-0.05, 0) is 32.8 Å². The highest BCUT2D eigenvalue weighted by Crippen LogP contribution is 2.09. The van der Waals surface area contributed by atoms with Crippen LogP contribution in [0, 0.1) is 0 Å². The Morgan fingerprint density at radius 2 is 1.67 bits per heavy atom. The maximum absolute atomic E-state index is 12.8. The van der Waals surface area contributed by atoms with Crippen LogP contribution in [0.25, 0.3) is 0 Å². The molecule has 27 heavy (non-hydrogen) atoms. The first-order valence-electron chi connectivity index (χ1n) is 9.08. The Morgan fingerprint density at radius 1 is 1.04 bits per heavy atom. The molecule has 150 valence electrons. The molecule has 0 bridgehead atoms. The normalized spacial score (nSPS) is 13.2. The number of rotatable bonds is 8. The Hall–Kier alpha value is -2.57. The summed E-state index contributed by atoms with van der Waals surface area (Å²) in [6.45, 7) is 7.14. The van der Waals surface area contributed by atoms with Gasteiger partial charge in [0.25, 0.3) is 0 Å². The van der Waals surface area contributed by atoms with Gasteiger partial charge in [0.05, 0.1) is 7.11 Å². The van der Waals surface area contributed by atoms with E-state index in [0.717, 1.165) is 5.56 Å². The lowest BCUT2D eigenvalue weighted by molar-refractivity contribution is -0.145. The molecule has 7 heteroatoms. The number of benzene rings is 1. The maximum atomic E-state index is 12.8. The lowest BCUT2D eigenvalue weighted by Crippen LogP contribution is -2.53. The van der Waals surface area contributed by atoms with Gasteiger partial charge in [-0.15, -0.1) is 0 Å². The van der Waals surface area contributed by atoms with Crippen molar-refractivity contribution in [1.29, 1.82) is 0 Å². The van der Waals surface area contributed by atoms with E-state index in [-0.39, 0.29) is 6.42 Å². The standard InChI is InChI=1S/C20H30N2O5/c1-6-10-15(18(24)26-5)21-17(23)16(13-14-11-8-7-9-12-14)22-19(25)27-20(2,3)4/h7-9,11-12,15-16H,6,10,13H2,1-5H3,(H,21,23)(H,22,25)/t15-,16-/m0/s1. The van der Waals surface area contributed by atoms with Gasteiger partial charge in [-0.3, -0.25) is 4.79 Å². The molecule has 1 rings (SSSR count). The van der Waals surface area contributed by atoms with E-state index in [4.69, 9.17) is 9.47 Å². The van der Waals surface area contributed by atoms with Gasteiger partial charge in [0.1, 0.15) is 17.7 Å². The van der Waals surface area contributed by atoms with Crippen LogP contribution in [0.2, 0.25) is 0 Å². The first kappa shape index (κ1) is 22.5. The van der Waals surface area contributed by atoms with E-state index >= 15 is 0 Å². The highest BCUT2D eigenvalue weighted by Gasteiger charge is 2.28. The molecule has 0 saturated heterocycles. The number of hydrogen-bond acceptors (Lipinski definition) is 5. The summed E-state index contributed by atoms with van der Waals surface area (Å²) in [5, 5.41) is 5.27. The first-order chi connectivity index (χ1) is 12.7. The lowest BCUT2D eigenvalue weighted by atomic mass is 10.0. The summed E-state index contributed by atoms with van der Waals surface area (Å²) in [6.07, 6.45) is 0.723. The predicted molar refractivity (Wildman–Crippen MR) is 102 cm³/mol. The molecular formula is C20H30N2O5. The molecule has 2 N–H and O–H groups in total. The van der Waals surface area contributed by atoms with E-state index in [9.17, 15) is 14.4 Å². The van der Waals surface area contributed by atoms with Crippen LogP contribution >= 0.6 is 0 Å². The van der Waals surface area contributed by atoms with E-state index in [0.29, 0.717) is 12.8 Å². The van der Waals surface area contributed by atoms with E-state index in [2.05, 4.69) is 10.6 Å². The fourth-order valence-electron chi connectivity index (χ4n) is 2.46. The summed E-state index contributed by atoms with van der Waals surface area (Å²) in [4.78, 5) is 36.8. The Bertz CT molecular complexity index is 625. The number of hydrogen-bond donors (Lipinski definition) is 2. The fourth-order valence-corrected chi connectivity index (χ4v) is 2.46. The van der Waals surface area contributed by atoms with Crippen molar-refractivity contribution in [1.82, 2.24) is 10.6 Å². The van der Waals surface area contributed by atoms with Crippen LogP contribution in [-0.4, -0.2) is 42.8 Å². The SMILES string of the molecule is CCC[C@H](NC(=O)[C@H](Cc1ccccc1)NC(=O)OC(C)(C)C)C(=O)OC. The third kappa shape index (κ3) is 8.57. The van der Waals surface area contributed by atoms with Crippen LogP contribution in [0.1, 0.15) is 46.1 Å². The monoisotopic (exact) mass is 378 g/mol. The summed E-state index contributed by atoms with van der Waals surface area (Å²) in [7, 11) is 1.28. The van der Waals surface area contributed by atoms with Crippen LogP contribution in [0.3, 0.4) is 0 Å². The average molecular weight is 378 g/mol. The van der Waals surface area contributed by atoms with Crippen molar-refractivity contribution in [2.75, 3.05) is 7.11 Å². The number of nitrogens with one attached hydrogen (secondary N) is 2. The van der Waals surface area contributed by atoms with Gasteiger partial charge in [0, 0.05) is 6.42 Å². The molecule has 0 saturated carbocycles. The molecule has 0 aliphatic carbocycles. The molecule has 1 aromatic carbocycles. The van der Waals surface area contributed by atoms with Crippen LogP contribution in [0.15, 0.2) is 30.3 Å². The number of carbonyl (C=O) groups excluding carboxylic acids is 3. The number of carbonyl (C=O) groups is 3. The largest absolute Gasteiger partial charge is 0.467 e. The van der Waals surface area contributed by atoms with Gasteiger partial charge in [0.15, 0.2) is 0 Å². The molecule has 2 amide bonds. The quantitative estimate of drug-likeness (QED) is 0.678. The van der Waals surface area contributed by atoms with E-state index < -0.39 is 35.7 Å². The zero-order valence-electron chi connectivity index (χ0n) is 16.7. The predicted octanol–water partition coefficient (Wildman–Crippen LogP) is 2.58. The summed E-state index contributed by atoms with van der Waals surface area (Å²) in [6, 6.07) is 7.66. The molecule has 0 radical (unpaired) electrons. The third-order valence-electron chi connectivity index (χ3n) is 3.67. The van der Waals surface area contributed by atoms with Crippen molar-refractivity contribution < 1.29 is 23.9 Å². The summed E-state index contributed by atoms with van der Waals surface area (Å²) < 4.78 is 10.0. The Labute approximate surface area is 160 Å². The van der Waals surface area contributed by atoms with Crippen LogP contribution in [0.5, 0.6) is 0 Å². The maximum Gasteiger partial charge on any atom is 0.408 e. The minimum absolute atomic E-state index is 0.270.